The number of rotatable bonds is 2. The van der Waals surface area contributed by atoms with E-state index in [2.05, 4.69) is 25.8 Å². The van der Waals surface area contributed by atoms with Crippen molar-refractivity contribution in [1.29, 1.82) is 0 Å². The highest BCUT2D eigenvalue weighted by Gasteiger charge is 2.09. The monoisotopic (exact) mass is 302 g/mol. The van der Waals surface area contributed by atoms with Gasteiger partial charge in [-0.05, 0) is 18.2 Å². The van der Waals surface area contributed by atoms with Crippen molar-refractivity contribution in [3.05, 3.63) is 44.1 Å². The molecule has 1 heterocycles. The standard InChI is InChI=1S/C9H4BrClN2O3/c10-5-3-7-6(1-2-12-9(7)11)8(4-5)16-13(14)15/h1-4H. The summed E-state index contributed by atoms with van der Waals surface area (Å²) in [5.41, 5.74) is 0. The zero-order valence-electron chi connectivity index (χ0n) is 7.68. The Kier molecular flexibility index (Phi) is 2.93. The molecule has 0 spiro atoms. The lowest BCUT2D eigenvalue weighted by Crippen LogP contribution is -2.04. The molecule has 0 N–H and O–H groups in total. The summed E-state index contributed by atoms with van der Waals surface area (Å²) in [7, 11) is 0. The number of nitrogens with zero attached hydrogens (tertiary/aromatic N) is 2. The normalized spacial score (nSPS) is 10.4. The number of hydrogen-bond acceptors (Lipinski definition) is 4. The van der Waals surface area contributed by atoms with Gasteiger partial charge in [-0.1, -0.05) is 27.5 Å². The largest absolute Gasteiger partial charge is 0.299 e. The molecule has 0 amide bonds. The van der Waals surface area contributed by atoms with Crippen LogP contribution >= 0.6 is 27.5 Å². The summed E-state index contributed by atoms with van der Waals surface area (Å²) in [6.07, 6.45) is 1.46. The van der Waals surface area contributed by atoms with Gasteiger partial charge < -0.3 is 0 Å². The molecule has 5 nitrogen and oxygen atoms in total. The Bertz CT molecular complexity index is 576. The average Bonchev–Trinajstić information content (AvgIpc) is 2.18. The van der Waals surface area contributed by atoms with Crippen LogP contribution in [0, 0.1) is 10.1 Å². The van der Waals surface area contributed by atoms with Gasteiger partial charge in [0.25, 0.3) is 5.09 Å². The summed E-state index contributed by atoms with van der Waals surface area (Å²) in [5, 5.41) is 10.9. The molecule has 1 aromatic carbocycles. The number of benzene rings is 1. The molecule has 0 aliphatic heterocycles. The Morgan fingerprint density at radius 1 is 1.44 bits per heavy atom. The van der Waals surface area contributed by atoms with E-state index in [1.54, 1.807) is 12.1 Å². The van der Waals surface area contributed by atoms with Crippen molar-refractivity contribution in [2.24, 2.45) is 0 Å². The second-order valence-corrected chi connectivity index (χ2v) is 4.19. The van der Waals surface area contributed by atoms with Crippen LogP contribution in [0.5, 0.6) is 5.75 Å². The SMILES string of the molecule is O=[N+]([O-])Oc1cc(Br)cc2c(Cl)nccc12. The first-order chi connectivity index (χ1) is 7.58. The Morgan fingerprint density at radius 2 is 2.19 bits per heavy atom. The molecule has 0 saturated carbocycles. The van der Waals surface area contributed by atoms with E-state index in [1.807, 2.05) is 0 Å². The molecular weight excluding hydrogens is 299 g/mol. The van der Waals surface area contributed by atoms with E-state index in [9.17, 15) is 10.1 Å². The van der Waals surface area contributed by atoms with Crippen LogP contribution in [0.1, 0.15) is 0 Å². The minimum Gasteiger partial charge on any atom is -0.275 e. The molecule has 0 fully saturated rings. The first kappa shape index (κ1) is 11.1. The second kappa shape index (κ2) is 4.23. The molecule has 2 rings (SSSR count). The number of halogens is 2. The molecule has 0 saturated heterocycles. The van der Waals surface area contributed by atoms with Gasteiger partial charge in [0, 0.05) is 21.4 Å². The van der Waals surface area contributed by atoms with E-state index < -0.39 is 5.09 Å². The van der Waals surface area contributed by atoms with Crippen LogP contribution < -0.4 is 4.84 Å². The van der Waals surface area contributed by atoms with Crippen molar-refractivity contribution >= 4 is 38.3 Å². The Labute approximate surface area is 103 Å². The van der Waals surface area contributed by atoms with E-state index in [0.717, 1.165) is 0 Å². The van der Waals surface area contributed by atoms with Crippen molar-refractivity contribution in [1.82, 2.24) is 4.98 Å². The summed E-state index contributed by atoms with van der Waals surface area (Å²) < 4.78 is 0.631. The van der Waals surface area contributed by atoms with E-state index in [-0.39, 0.29) is 10.9 Å². The van der Waals surface area contributed by atoms with Crippen LogP contribution in [-0.4, -0.2) is 10.1 Å². The highest BCUT2D eigenvalue weighted by atomic mass is 79.9. The fraction of sp³-hybridized carbons (Fsp3) is 0. The third-order valence-corrected chi connectivity index (χ3v) is 2.69. The maximum atomic E-state index is 10.3. The minimum atomic E-state index is -0.866. The Balaban J connectivity index is 2.72. The van der Waals surface area contributed by atoms with E-state index >= 15 is 0 Å². The van der Waals surface area contributed by atoms with Crippen molar-refractivity contribution < 1.29 is 9.92 Å². The van der Waals surface area contributed by atoms with Gasteiger partial charge in [-0.25, -0.2) is 4.98 Å². The predicted molar refractivity (Wildman–Crippen MR) is 62.1 cm³/mol. The summed E-state index contributed by atoms with van der Waals surface area (Å²) in [4.78, 5) is 18.7. The van der Waals surface area contributed by atoms with E-state index in [0.29, 0.717) is 15.2 Å². The van der Waals surface area contributed by atoms with Gasteiger partial charge in [0.2, 0.25) is 0 Å². The fourth-order valence-electron chi connectivity index (χ4n) is 1.34. The highest BCUT2D eigenvalue weighted by Crippen LogP contribution is 2.33. The van der Waals surface area contributed by atoms with Crippen molar-refractivity contribution in [2.45, 2.75) is 0 Å². The summed E-state index contributed by atoms with van der Waals surface area (Å²) in [5.74, 6) is 0.124. The lowest BCUT2D eigenvalue weighted by Gasteiger charge is -2.06. The number of pyridine rings is 1. The lowest BCUT2D eigenvalue weighted by molar-refractivity contribution is -0.710. The van der Waals surface area contributed by atoms with Crippen LogP contribution in [0.2, 0.25) is 5.15 Å². The molecule has 2 aromatic rings. The first-order valence-corrected chi connectivity index (χ1v) is 5.31. The first-order valence-electron chi connectivity index (χ1n) is 4.14. The van der Waals surface area contributed by atoms with Crippen LogP contribution in [0.15, 0.2) is 28.9 Å². The smallest absolute Gasteiger partial charge is 0.275 e. The van der Waals surface area contributed by atoms with Crippen LogP contribution in [-0.2, 0) is 0 Å². The van der Waals surface area contributed by atoms with Crippen molar-refractivity contribution in [3.63, 3.8) is 0 Å². The topological polar surface area (TPSA) is 65.3 Å². The van der Waals surface area contributed by atoms with Gasteiger partial charge in [0.15, 0.2) is 0 Å². The third kappa shape index (κ3) is 2.07. The molecule has 0 aliphatic rings. The van der Waals surface area contributed by atoms with Crippen molar-refractivity contribution in [3.8, 4) is 5.75 Å². The third-order valence-electron chi connectivity index (χ3n) is 1.93. The molecule has 0 atom stereocenters. The van der Waals surface area contributed by atoms with Gasteiger partial charge in [0.05, 0.1) is 0 Å². The molecule has 0 bridgehead atoms. The van der Waals surface area contributed by atoms with Crippen molar-refractivity contribution in [2.75, 3.05) is 0 Å². The predicted octanol–water partition coefficient (Wildman–Crippen LogP) is 3.22. The molecule has 0 unspecified atom stereocenters. The lowest BCUT2D eigenvalue weighted by atomic mass is 10.1. The fourth-order valence-corrected chi connectivity index (χ4v) is 1.99. The zero-order valence-corrected chi connectivity index (χ0v) is 10.0. The summed E-state index contributed by atoms with van der Waals surface area (Å²) >= 11 is 9.10. The number of aromatic nitrogens is 1. The van der Waals surface area contributed by atoms with Crippen LogP contribution in [0.25, 0.3) is 10.8 Å². The van der Waals surface area contributed by atoms with Gasteiger partial charge in [0.1, 0.15) is 10.9 Å². The quantitative estimate of drug-likeness (QED) is 0.485. The Hall–Kier alpha value is -1.40. The molecule has 7 heteroatoms. The molecular formula is C9H4BrClN2O3. The average molecular weight is 303 g/mol. The van der Waals surface area contributed by atoms with Crippen LogP contribution in [0.4, 0.5) is 0 Å². The maximum Gasteiger partial charge on any atom is 0.299 e. The number of hydrogen-bond donors (Lipinski definition) is 0. The van der Waals surface area contributed by atoms with Crippen LogP contribution in [0.3, 0.4) is 0 Å². The van der Waals surface area contributed by atoms with Gasteiger partial charge in [-0.2, -0.15) is 0 Å². The molecule has 82 valence electrons. The van der Waals surface area contributed by atoms with Gasteiger partial charge in [-0.15, -0.1) is 10.1 Å². The number of fused-ring (bicyclic) bond motifs is 1. The van der Waals surface area contributed by atoms with E-state index in [4.69, 9.17) is 11.6 Å². The molecule has 0 aliphatic carbocycles. The summed E-state index contributed by atoms with van der Waals surface area (Å²) in [6.45, 7) is 0. The molecule has 16 heavy (non-hydrogen) atoms. The molecule has 0 radical (unpaired) electrons. The Morgan fingerprint density at radius 3 is 2.88 bits per heavy atom. The summed E-state index contributed by atoms with van der Waals surface area (Å²) in [6, 6.07) is 4.82. The van der Waals surface area contributed by atoms with Gasteiger partial charge >= 0.3 is 0 Å². The highest BCUT2D eigenvalue weighted by molar-refractivity contribution is 9.10. The van der Waals surface area contributed by atoms with E-state index in [1.165, 1.54) is 12.3 Å². The molecule has 1 aromatic heterocycles. The van der Waals surface area contributed by atoms with Gasteiger partial charge in [-0.3, -0.25) is 4.84 Å². The maximum absolute atomic E-state index is 10.3. The second-order valence-electron chi connectivity index (χ2n) is 2.92. The minimum absolute atomic E-state index is 0.124. The zero-order chi connectivity index (χ0) is 11.7.